The quantitative estimate of drug-likeness (QED) is 0.278. The van der Waals surface area contributed by atoms with Gasteiger partial charge in [0.25, 0.3) is 0 Å². The maximum absolute atomic E-state index is 10.9. The molecule has 4 N–H and O–H groups in total. The van der Waals surface area contributed by atoms with Crippen molar-refractivity contribution in [3.05, 3.63) is 126 Å². The topological polar surface area (TPSA) is 80.9 Å². The van der Waals surface area contributed by atoms with E-state index in [0.717, 1.165) is 33.4 Å². The van der Waals surface area contributed by atoms with E-state index in [1.54, 1.807) is 42.5 Å². The van der Waals surface area contributed by atoms with E-state index in [9.17, 15) is 20.4 Å². The Labute approximate surface area is 198 Å². The van der Waals surface area contributed by atoms with E-state index in [1.165, 1.54) is 0 Å². The number of hydrogen-bond donors (Lipinski definition) is 4. The summed E-state index contributed by atoms with van der Waals surface area (Å²) >= 11 is 0. The molecule has 0 spiro atoms. The number of hydrogen-bond acceptors (Lipinski definition) is 4. The highest BCUT2D eigenvalue weighted by Gasteiger charge is 2.27. The van der Waals surface area contributed by atoms with Gasteiger partial charge in [0, 0.05) is 17.4 Å². The lowest BCUT2D eigenvalue weighted by atomic mass is 9.80. The Morgan fingerprint density at radius 1 is 0.559 bits per heavy atom. The van der Waals surface area contributed by atoms with Gasteiger partial charge in [-0.15, -0.1) is 0 Å². The monoisotopic (exact) mass is 448 g/mol. The molecule has 0 aliphatic heterocycles. The minimum atomic E-state index is -0.191. The third kappa shape index (κ3) is 4.26. The van der Waals surface area contributed by atoms with Gasteiger partial charge in [-0.1, -0.05) is 60.7 Å². The molecule has 4 nitrogen and oxygen atoms in total. The molecule has 4 heteroatoms. The van der Waals surface area contributed by atoms with E-state index in [4.69, 9.17) is 0 Å². The fourth-order valence-electron chi connectivity index (χ4n) is 4.51. The van der Waals surface area contributed by atoms with Crippen molar-refractivity contribution in [1.82, 2.24) is 0 Å². The summed E-state index contributed by atoms with van der Waals surface area (Å²) in [4.78, 5) is 0. The van der Waals surface area contributed by atoms with E-state index >= 15 is 0 Å². The largest absolute Gasteiger partial charge is 0.508 e. The second-order valence-electron chi connectivity index (χ2n) is 8.50. The molecule has 0 bridgehead atoms. The minimum Gasteiger partial charge on any atom is -0.508 e. The molecule has 0 saturated carbocycles. The van der Waals surface area contributed by atoms with E-state index in [1.807, 2.05) is 48.5 Å². The van der Waals surface area contributed by atoms with Crippen LogP contribution < -0.4 is 0 Å². The maximum atomic E-state index is 10.9. The summed E-state index contributed by atoms with van der Waals surface area (Å²) in [6.07, 6.45) is 6.34. The van der Waals surface area contributed by atoms with Gasteiger partial charge in [0.1, 0.15) is 23.0 Å². The zero-order valence-corrected chi connectivity index (χ0v) is 18.3. The second kappa shape index (κ2) is 8.83. The van der Waals surface area contributed by atoms with E-state index in [0.29, 0.717) is 0 Å². The van der Waals surface area contributed by atoms with Crippen LogP contribution >= 0.6 is 0 Å². The fourth-order valence-corrected chi connectivity index (χ4v) is 4.51. The summed E-state index contributed by atoms with van der Waals surface area (Å²) < 4.78 is 0. The average Bonchev–Trinajstić information content (AvgIpc) is 3.32. The molecule has 0 radical (unpaired) electrons. The molecular weight excluding hydrogens is 424 g/mol. The SMILES string of the molecule is Oc1ccc(C2=CC(C(c3ccc(O)cc3)c3cc(-c4ccc(O)cc4)ccc3O)C=C2)cc1. The standard InChI is InChI=1S/C30H24O4/c31-25-10-3-19(4-11-25)22-1-2-24(17-22)30(21-7-14-27(33)15-8-21)28-18-23(9-16-29(28)34)20-5-12-26(32)13-6-20/h1-18,24,30-34H. The number of phenols is 4. The van der Waals surface area contributed by atoms with Crippen molar-refractivity contribution in [2.45, 2.75) is 5.92 Å². The van der Waals surface area contributed by atoms with Crippen LogP contribution in [0.4, 0.5) is 0 Å². The van der Waals surface area contributed by atoms with E-state index in [2.05, 4.69) is 18.2 Å². The van der Waals surface area contributed by atoms with Crippen molar-refractivity contribution in [3.63, 3.8) is 0 Å². The lowest BCUT2D eigenvalue weighted by Crippen LogP contribution is -2.10. The van der Waals surface area contributed by atoms with Crippen molar-refractivity contribution in [1.29, 1.82) is 0 Å². The first kappa shape index (κ1) is 21.4. The van der Waals surface area contributed by atoms with Crippen molar-refractivity contribution in [3.8, 4) is 34.1 Å². The Kier molecular flexibility index (Phi) is 5.56. The van der Waals surface area contributed by atoms with Crippen molar-refractivity contribution < 1.29 is 20.4 Å². The number of rotatable bonds is 5. The number of allylic oxidation sites excluding steroid dienone is 4. The van der Waals surface area contributed by atoms with Crippen LogP contribution in [0.2, 0.25) is 0 Å². The molecule has 0 saturated heterocycles. The third-order valence-corrected chi connectivity index (χ3v) is 6.27. The zero-order valence-electron chi connectivity index (χ0n) is 18.3. The van der Waals surface area contributed by atoms with Gasteiger partial charge in [-0.2, -0.15) is 0 Å². The summed E-state index contributed by atoms with van der Waals surface area (Å²) in [6, 6.07) is 26.7. The minimum absolute atomic E-state index is 0.0330. The molecule has 0 fully saturated rings. The summed E-state index contributed by atoms with van der Waals surface area (Å²) in [5.41, 5.74) is 5.65. The molecule has 4 aromatic carbocycles. The van der Waals surface area contributed by atoms with Gasteiger partial charge in [0.2, 0.25) is 0 Å². The lowest BCUT2D eigenvalue weighted by Gasteiger charge is -2.24. The molecule has 2 atom stereocenters. The zero-order chi connectivity index (χ0) is 23.7. The average molecular weight is 449 g/mol. The first-order chi connectivity index (χ1) is 16.5. The fraction of sp³-hybridized carbons (Fsp3) is 0.0667. The van der Waals surface area contributed by atoms with Crippen LogP contribution in [0, 0.1) is 5.92 Å². The second-order valence-corrected chi connectivity index (χ2v) is 8.50. The highest BCUT2D eigenvalue weighted by Crippen LogP contribution is 2.43. The van der Waals surface area contributed by atoms with Gasteiger partial charge >= 0.3 is 0 Å². The number of benzene rings is 4. The molecule has 4 aromatic rings. The smallest absolute Gasteiger partial charge is 0.119 e. The van der Waals surface area contributed by atoms with Crippen LogP contribution in [0.5, 0.6) is 23.0 Å². The van der Waals surface area contributed by atoms with Gasteiger partial charge in [-0.25, -0.2) is 0 Å². The predicted molar refractivity (Wildman–Crippen MR) is 134 cm³/mol. The maximum Gasteiger partial charge on any atom is 0.119 e. The summed E-state index contributed by atoms with van der Waals surface area (Å²) in [7, 11) is 0. The Hall–Kier alpha value is -4.44. The van der Waals surface area contributed by atoms with E-state index in [-0.39, 0.29) is 34.8 Å². The van der Waals surface area contributed by atoms with Crippen LogP contribution in [0.25, 0.3) is 16.7 Å². The van der Waals surface area contributed by atoms with Gasteiger partial charge < -0.3 is 20.4 Å². The van der Waals surface area contributed by atoms with Crippen LogP contribution in [0.15, 0.2) is 109 Å². The third-order valence-electron chi connectivity index (χ3n) is 6.27. The summed E-state index contributed by atoms with van der Waals surface area (Å²) in [5, 5.41) is 40.0. The van der Waals surface area contributed by atoms with E-state index < -0.39 is 0 Å². The van der Waals surface area contributed by atoms with Crippen molar-refractivity contribution >= 4 is 5.57 Å². The van der Waals surface area contributed by atoms with Crippen molar-refractivity contribution in [2.75, 3.05) is 0 Å². The molecule has 34 heavy (non-hydrogen) atoms. The number of phenolic OH excluding ortho intramolecular Hbond substituents is 4. The van der Waals surface area contributed by atoms with Gasteiger partial charge in [-0.05, 0) is 76.4 Å². The Balaban J connectivity index is 1.60. The Morgan fingerprint density at radius 2 is 1.09 bits per heavy atom. The van der Waals surface area contributed by atoms with Gasteiger partial charge in [0.15, 0.2) is 0 Å². The lowest BCUT2D eigenvalue weighted by molar-refractivity contribution is 0.460. The van der Waals surface area contributed by atoms with Crippen molar-refractivity contribution in [2.24, 2.45) is 5.92 Å². The predicted octanol–water partition coefficient (Wildman–Crippen LogP) is 6.58. The Morgan fingerprint density at radius 3 is 1.71 bits per heavy atom. The molecule has 0 aromatic heterocycles. The normalized spacial score (nSPS) is 15.8. The van der Waals surface area contributed by atoms with Gasteiger partial charge in [0.05, 0.1) is 0 Å². The number of aromatic hydroxyl groups is 4. The van der Waals surface area contributed by atoms with Crippen LogP contribution in [0.3, 0.4) is 0 Å². The van der Waals surface area contributed by atoms with Gasteiger partial charge in [-0.3, -0.25) is 0 Å². The molecule has 5 rings (SSSR count). The highest BCUT2D eigenvalue weighted by molar-refractivity contribution is 5.78. The molecule has 168 valence electrons. The molecule has 1 aliphatic rings. The summed E-state index contributed by atoms with van der Waals surface area (Å²) in [6.45, 7) is 0. The molecule has 0 heterocycles. The highest BCUT2D eigenvalue weighted by atomic mass is 16.3. The summed E-state index contributed by atoms with van der Waals surface area (Å²) in [5.74, 6) is 0.582. The first-order valence-electron chi connectivity index (χ1n) is 11.1. The van der Waals surface area contributed by atoms with Crippen LogP contribution in [0.1, 0.15) is 22.6 Å². The molecule has 0 amide bonds. The molecule has 2 unspecified atom stereocenters. The van der Waals surface area contributed by atoms with Crippen LogP contribution in [-0.4, -0.2) is 20.4 Å². The van der Waals surface area contributed by atoms with Crippen LogP contribution in [-0.2, 0) is 0 Å². The molecule has 1 aliphatic carbocycles. The first-order valence-corrected chi connectivity index (χ1v) is 11.1. The Bertz CT molecular complexity index is 1370. The molecular formula is C30H24O4.